The van der Waals surface area contributed by atoms with Gasteiger partial charge in [-0.1, -0.05) is 13.8 Å². The van der Waals surface area contributed by atoms with E-state index in [9.17, 15) is 8.78 Å². The maximum Gasteiger partial charge on any atom is 0.320 e. The van der Waals surface area contributed by atoms with Gasteiger partial charge in [-0.2, -0.15) is 8.78 Å². The molecular weight excluding hydrogens is 198 g/mol. The number of aromatic nitrogens is 2. The molecule has 0 amide bonds. The van der Waals surface area contributed by atoms with E-state index in [2.05, 4.69) is 4.98 Å². The number of nitrogens with zero attached hydrogens (tertiary/aromatic N) is 2. The second-order valence-electron chi connectivity index (χ2n) is 3.79. The Labute approximate surface area is 86.5 Å². The van der Waals surface area contributed by atoms with Crippen LogP contribution < -0.4 is 0 Å². The first-order valence-corrected chi connectivity index (χ1v) is 4.85. The molecule has 0 saturated heterocycles. The molecule has 0 atom stereocenters. The van der Waals surface area contributed by atoms with Crippen LogP contribution in [0.4, 0.5) is 8.78 Å². The van der Waals surface area contributed by atoms with Crippen LogP contribution in [-0.4, -0.2) is 9.55 Å². The van der Waals surface area contributed by atoms with E-state index in [1.165, 1.54) is 6.20 Å². The highest BCUT2D eigenvalue weighted by Gasteiger charge is 2.13. The van der Waals surface area contributed by atoms with Crippen molar-refractivity contribution in [1.29, 1.82) is 0 Å². The van der Waals surface area contributed by atoms with Gasteiger partial charge in [0.05, 0.1) is 0 Å². The Kier molecular flexibility index (Phi) is 2.42. The molecule has 2 aromatic rings. The maximum atomic E-state index is 12.6. The lowest BCUT2D eigenvalue weighted by atomic mass is 10.0. The van der Waals surface area contributed by atoms with Gasteiger partial charge in [-0.15, -0.1) is 0 Å². The molecule has 0 bridgehead atoms. The Balaban J connectivity index is 2.69. The predicted molar refractivity (Wildman–Crippen MR) is 55.1 cm³/mol. The summed E-state index contributed by atoms with van der Waals surface area (Å²) in [5.74, 6) is 0.309. The molecule has 2 nitrogen and oxygen atoms in total. The molecule has 0 aromatic carbocycles. The zero-order chi connectivity index (χ0) is 11.0. The van der Waals surface area contributed by atoms with Gasteiger partial charge in [-0.25, -0.2) is 4.98 Å². The SMILES string of the molecule is CC(C)c1ccnc2c1ccn2C(F)F. The highest BCUT2D eigenvalue weighted by molar-refractivity contribution is 5.80. The maximum absolute atomic E-state index is 12.6. The van der Waals surface area contributed by atoms with Crippen molar-refractivity contribution in [2.45, 2.75) is 26.3 Å². The average molecular weight is 210 g/mol. The molecule has 15 heavy (non-hydrogen) atoms. The summed E-state index contributed by atoms with van der Waals surface area (Å²) < 4.78 is 26.1. The Morgan fingerprint density at radius 1 is 1.27 bits per heavy atom. The highest BCUT2D eigenvalue weighted by atomic mass is 19.3. The molecule has 0 unspecified atom stereocenters. The smallest absolute Gasteiger partial charge is 0.275 e. The first kappa shape index (κ1) is 10.1. The molecule has 0 radical (unpaired) electrons. The number of alkyl halides is 2. The molecule has 2 rings (SSSR count). The van der Waals surface area contributed by atoms with Gasteiger partial charge in [0, 0.05) is 17.8 Å². The third-order valence-electron chi connectivity index (χ3n) is 2.48. The molecule has 0 fully saturated rings. The van der Waals surface area contributed by atoms with Crippen molar-refractivity contribution in [3.63, 3.8) is 0 Å². The Morgan fingerprint density at radius 2 is 2.00 bits per heavy atom. The third-order valence-corrected chi connectivity index (χ3v) is 2.48. The highest BCUT2D eigenvalue weighted by Crippen LogP contribution is 2.27. The van der Waals surface area contributed by atoms with Crippen LogP contribution in [0.1, 0.15) is 31.9 Å². The van der Waals surface area contributed by atoms with E-state index in [1.54, 1.807) is 12.3 Å². The summed E-state index contributed by atoms with van der Waals surface area (Å²) in [5, 5.41) is 0.813. The van der Waals surface area contributed by atoms with Crippen LogP contribution in [0, 0.1) is 0 Å². The van der Waals surface area contributed by atoms with Crippen molar-refractivity contribution in [1.82, 2.24) is 9.55 Å². The number of halogens is 2. The van der Waals surface area contributed by atoms with Gasteiger partial charge in [-0.05, 0) is 23.6 Å². The summed E-state index contributed by atoms with van der Waals surface area (Å²) in [6.07, 6.45) is 2.96. The molecular formula is C11H12F2N2. The number of fused-ring (bicyclic) bond motifs is 1. The van der Waals surface area contributed by atoms with Crippen LogP contribution in [0.5, 0.6) is 0 Å². The van der Waals surface area contributed by atoms with Crippen molar-refractivity contribution in [3.05, 3.63) is 30.1 Å². The summed E-state index contributed by atoms with van der Waals surface area (Å²) in [6.45, 7) is 1.54. The lowest BCUT2D eigenvalue weighted by Gasteiger charge is -2.07. The van der Waals surface area contributed by atoms with Gasteiger partial charge in [-0.3, -0.25) is 4.57 Å². The lowest BCUT2D eigenvalue weighted by molar-refractivity contribution is 0.0746. The van der Waals surface area contributed by atoms with E-state index in [4.69, 9.17) is 0 Å². The number of hydrogen-bond acceptors (Lipinski definition) is 1. The summed E-state index contributed by atoms with van der Waals surface area (Å²) in [7, 11) is 0. The third kappa shape index (κ3) is 1.60. The minimum atomic E-state index is -2.53. The molecule has 4 heteroatoms. The summed E-state index contributed by atoms with van der Waals surface area (Å²) in [6, 6.07) is 3.58. The van der Waals surface area contributed by atoms with Crippen LogP contribution >= 0.6 is 0 Å². The number of rotatable bonds is 2. The minimum Gasteiger partial charge on any atom is -0.275 e. The predicted octanol–water partition coefficient (Wildman–Crippen LogP) is 3.55. The molecule has 2 aromatic heterocycles. The topological polar surface area (TPSA) is 17.8 Å². The fourth-order valence-electron chi connectivity index (χ4n) is 1.74. The fourth-order valence-corrected chi connectivity index (χ4v) is 1.74. The Hall–Kier alpha value is -1.45. The molecule has 80 valence electrons. The average Bonchev–Trinajstić information content (AvgIpc) is 2.59. The molecule has 0 spiro atoms. The van der Waals surface area contributed by atoms with E-state index < -0.39 is 6.55 Å². The number of pyridine rings is 1. The van der Waals surface area contributed by atoms with Gasteiger partial charge in [0.1, 0.15) is 5.65 Å². The summed E-state index contributed by atoms with van der Waals surface area (Å²) >= 11 is 0. The molecule has 0 N–H and O–H groups in total. The first-order valence-electron chi connectivity index (χ1n) is 4.85. The van der Waals surface area contributed by atoms with Crippen LogP contribution in [0.25, 0.3) is 11.0 Å². The zero-order valence-corrected chi connectivity index (χ0v) is 8.61. The Morgan fingerprint density at radius 3 is 2.60 bits per heavy atom. The fraction of sp³-hybridized carbons (Fsp3) is 0.364. The minimum absolute atomic E-state index is 0.309. The van der Waals surface area contributed by atoms with E-state index in [1.807, 2.05) is 19.9 Å². The van der Waals surface area contributed by atoms with Gasteiger partial charge in [0.15, 0.2) is 0 Å². The monoisotopic (exact) mass is 210 g/mol. The molecule has 0 aliphatic carbocycles. The number of hydrogen-bond donors (Lipinski definition) is 0. The largest absolute Gasteiger partial charge is 0.320 e. The molecule has 2 heterocycles. The Bertz CT molecular complexity index is 474. The van der Waals surface area contributed by atoms with Gasteiger partial charge in [0.25, 0.3) is 0 Å². The second kappa shape index (κ2) is 3.61. The first-order chi connectivity index (χ1) is 7.11. The van der Waals surface area contributed by atoms with Gasteiger partial charge in [0.2, 0.25) is 0 Å². The quantitative estimate of drug-likeness (QED) is 0.741. The van der Waals surface area contributed by atoms with E-state index >= 15 is 0 Å². The van der Waals surface area contributed by atoms with Crippen molar-refractivity contribution >= 4 is 11.0 Å². The molecule has 0 aliphatic heterocycles. The van der Waals surface area contributed by atoms with E-state index in [-0.39, 0.29) is 0 Å². The van der Waals surface area contributed by atoms with Crippen molar-refractivity contribution in [3.8, 4) is 0 Å². The van der Waals surface area contributed by atoms with Crippen LogP contribution in [-0.2, 0) is 0 Å². The van der Waals surface area contributed by atoms with Crippen LogP contribution in [0.15, 0.2) is 24.5 Å². The zero-order valence-electron chi connectivity index (χ0n) is 8.61. The van der Waals surface area contributed by atoms with Crippen LogP contribution in [0.2, 0.25) is 0 Å². The van der Waals surface area contributed by atoms with Crippen LogP contribution in [0.3, 0.4) is 0 Å². The van der Waals surface area contributed by atoms with E-state index in [0.29, 0.717) is 11.6 Å². The summed E-state index contributed by atoms with van der Waals surface area (Å²) in [4.78, 5) is 3.99. The van der Waals surface area contributed by atoms with Gasteiger partial charge >= 0.3 is 6.55 Å². The lowest BCUT2D eigenvalue weighted by Crippen LogP contribution is -1.98. The van der Waals surface area contributed by atoms with Crippen molar-refractivity contribution in [2.75, 3.05) is 0 Å². The second-order valence-corrected chi connectivity index (χ2v) is 3.79. The molecule has 0 saturated carbocycles. The summed E-state index contributed by atoms with van der Waals surface area (Å²) in [5.41, 5.74) is 1.41. The standard InChI is InChI=1S/C11H12F2N2/c1-7(2)8-3-5-14-10-9(8)4-6-15(10)11(12)13/h3-7,11H,1-2H3. The van der Waals surface area contributed by atoms with Crippen molar-refractivity contribution in [2.24, 2.45) is 0 Å². The van der Waals surface area contributed by atoms with Crippen molar-refractivity contribution < 1.29 is 8.78 Å². The normalized spacial score (nSPS) is 11.9. The van der Waals surface area contributed by atoms with E-state index in [0.717, 1.165) is 15.5 Å². The molecule has 0 aliphatic rings. The van der Waals surface area contributed by atoms with Gasteiger partial charge < -0.3 is 0 Å².